The Bertz CT molecular complexity index is 690. The van der Waals surface area contributed by atoms with Gasteiger partial charge in [0, 0.05) is 19.1 Å². The molecule has 1 aliphatic heterocycles. The summed E-state index contributed by atoms with van der Waals surface area (Å²) in [5.74, 6) is 1.37. The minimum absolute atomic E-state index is 0.0188. The van der Waals surface area contributed by atoms with Crippen molar-refractivity contribution in [2.75, 3.05) is 26.3 Å². The molecule has 2 aromatic rings. The Hall–Kier alpha value is -2.53. The number of ether oxygens (including phenoxy) is 2. The van der Waals surface area contributed by atoms with Crippen LogP contribution >= 0.6 is 0 Å². The highest BCUT2D eigenvalue weighted by atomic mass is 16.5. The number of hydrogen-bond acceptors (Lipinski definition) is 4. The number of para-hydroxylation sites is 2. The average molecular weight is 340 g/mol. The predicted octanol–water partition coefficient (Wildman–Crippen LogP) is 2.71. The van der Waals surface area contributed by atoms with Crippen molar-refractivity contribution in [3.05, 3.63) is 60.2 Å². The van der Waals surface area contributed by atoms with E-state index in [-0.39, 0.29) is 11.9 Å². The van der Waals surface area contributed by atoms with E-state index in [0.29, 0.717) is 31.1 Å². The van der Waals surface area contributed by atoms with Crippen LogP contribution in [0.3, 0.4) is 0 Å². The summed E-state index contributed by atoms with van der Waals surface area (Å²) in [6.45, 7) is 2.14. The lowest BCUT2D eigenvalue weighted by atomic mass is 10.0. The number of likely N-dealkylation sites (tertiary alicyclic amines) is 1. The number of piperidine rings is 1. The number of rotatable bonds is 6. The molecule has 3 rings (SSSR count). The van der Waals surface area contributed by atoms with Gasteiger partial charge in [-0.1, -0.05) is 30.3 Å². The molecule has 0 spiro atoms. The summed E-state index contributed by atoms with van der Waals surface area (Å²) in [4.78, 5) is 14.6. The Morgan fingerprint density at radius 2 is 1.76 bits per heavy atom. The fourth-order valence-corrected chi connectivity index (χ4v) is 2.96. The lowest BCUT2D eigenvalue weighted by Gasteiger charge is -2.31. The standard InChI is InChI=1S/C20H24N2O3/c21-16-7-6-12-22(15-16)20(23)18-10-4-5-11-19(18)25-14-13-24-17-8-2-1-3-9-17/h1-5,8-11,16H,6-7,12-15,21H2/t16-/m0/s1. The minimum Gasteiger partial charge on any atom is -0.490 e. The number of hydrogen-bond donors (Lipinski definition) is 1. The first kappa shape index (κ1) is 17.3. The van der Waals surface area contributed by atoms with Gasteiger partial charge in [0.2, 0.25) is 0 Å². The van der Waals surface area contributed by atoms with Crippen LogP contribution in [0.2, 0.25) is 0 Å². The van der Waals surface area contributed by atoms with Crippen LogP contribution in [0.1, 0.15) is 23.2 Å². The molecule has 0 aliphatic carbocycles. The van der Waals surface area contributed by atoms with E-state index in [1.54, 1.807) is 6.07 Å². The van der Waals surface area contributed by atoms with Gasteiger partial charge in [0.15, 0.2) is 0 Å². The van der Waals surface area contributed by atoms with Gasteiger partial charge >= 0.3 is 0 Å². The molecule has 0 unspecified atom stereocenters. The summed E-state index contributed by atoms with van der Waals surface area (Å²) in [5, 5.41) is 0. The second kappa shape index (κ2) is 8.53. The molecule has 2 N–H and O–H groups in total. The topological polar surface area (TPSA) is 64.8 Å². The fraction of sp³-hybridized carbons (Fsp3) is 0.350. The van der Waals surface area contributed by atoms with Crippen LogP contribution in [0.15, 0.2) is 54.6 Å². The second-order valence-corrected chi connectivity index (χ2v) is 6.16. The molecule has 1 amide bonds. The van der Waals surface area contributed by atoms with Crippen molar-refractivity contribution in [1.82, 2.24) is 4.90 Å². The Labute approximate surface area is 148 Å². The second-order valence-electron chi connectivity index (χ2n) is 6.16. The van der Waals surface area contributed by atoms with Crippen molar-refractivity contribution in [3.63, 3.8) is 0 Å². The van der Waals surface area contributed by atoms with Gasteiger partial charge in [-0.25, -0.2) is 0 Å². The lowest BCUT2D eigenvalue weighted by Crippen LogP contribution is -2.45. The maximum atomic E-state index is 12.8. The quantitative estimate of drug-likeness (QED) is 0.821. The SMILES string of the molecule is N[C@H]1CCCN(C(=O)c2ccccc2OCCOc2ccccc2)C1. The summed E-state index contributed by atoms with van der Waals surface area (Å²) in [5.41, 5.74) is 6.57. The Balaban J connectivity index is 1.57. The first-order valence-electron chi connectivity index (χ1n) is 8.68. The predicted molar refractivity (Wildman–Crippen MR) is 97.0 cm³/mol. The average Bonchev–Trinajstić information content (AvgIpc) is 2.66. The summed E-state index contributed by atoms with van der Waals surface area (Å²) in [6, 6.07) is 17.0. The number of amides is 1. The van der Waals surface area contributed by atoms with E-state index in [1.807, 2.05) is 53.4 Å². The third-order valence-electron chi connectivity index (χ3n) is 4.22. The maximum Gasteiger partial charge on any atom is 0.257 e. The normalized spacial score (nSPS) is 17.2. The lowest BCUT2D eigenvalue weighted by molar-refractivity contribution is 0.0703. The third kappa shape index (κ3) is 4.73. The fourth-order valence-electron chi connectivity index (χ4n) is 2.96. The molecule has 132 valence electrons. The smallest absolute Gasteiger partial charge is 0.257 e. The Kier molecular flexibility index (Phi) is 5.90. The van der Waals surface area contributed by atoms with Crippen molar-refractivity contribution < 1.29 is 14.3 Å². The molecule has 1 fully saturated rings. The Morgan fingerprint density at radius 3 is 2.56 bits per heavy atom. The van der Waals surface area contributed by atoms with E-state index in [0.717, 1.165) is 25.1 Å². The summed E-state index contributed by atoms with van der Waals surface area (Å²) in [7, 11) is 0. The summed E-state index contributed by atoms with van der Waals surface area (Å²) in [6.07, 6.45) is 1.92. The number of benzene rings is 2. The zero-order valence-electron chi connectivity index (χ0n) is 14.3. The molecule has 0 radical (unpaired) electrons. The number of nitrogens with zero attached hydrogens (tertiary/aromatic N) is 1. The largest absolute Gasteiger partial charge is 0.490 e. The van der Waals surface area contributed by atoms with Crippen molar-refractivity contribution in [1.29, 1.82) is 0 Å². The van der Waals surface area contributed by atoms with Crippen LogP contribution < -0.4 is 15.2 Å². The maximum absolute atomic E-state index is 12.8. The van der Waals surface area contributed by atoms with Gasteiger partial charge in [0.05, 0.1) is 5.56 Å². The number of carbonyl (C=O) groups excluding carboxylic acids is 1. The van der Waals surface area contributed by atoms with Crippen molar-refractivity contribution in [2.24, 2.45) is 5.73 Å². The van der Waals surface area contributed by atoms with E-state index in [1.165, 1.54) is 0 Å². The van der Waals surface area contributed by atoms with Crippen LogP contribution in [-0.4, -0.2) is 43.2 Å². The number of nitrogens with two attached hydrogens (primary N) is 1. The summed E-state index contributed by atoms with van der Waals surface area (Å²) < 4.78 is 11.4. The van der Waals surface area contributed by atoms with Gasteiger partial charge in [0.1, 0.15) is 24.7 Å². The zero-order valence-corrected chi connectivity index (χ0v) is 14.3. The van der Waals surface area contributed by atoms with Gasteiger partial charge in [0.25, 0.3) is 5.91 Å². The molecule has 1 heterocycles. The van der Waals surface area contributed by atoms with Crippen LogP contribution in [0.25, 0.3) is 0 Å². The van der Waals surface area contributed by atoms with E-state index < -0.39 is 0 Å². The molecular formula is C20H24N2O3. The molecular weight excluding hydrogens is 316 g/mol. The Morgan fingerprint density at radius 1 is 1.04 bits per heavy atom. The highest BCUT2D eigenvalue weighted by Crippen LogP contribution is 2.22. The molecule has 5 nitrogen and oxygen atoms in total. The molecule has 0 bridgehead atoms. The van der Waals surface area contributed by atoms with Crippen molar-refractivity contribution in [2.45, 2.75) is 18.9 Å². The molecule has 25 heavy (non-hydrogen) atoms. The minimum atomic E-state index is -0.0188. The molecule has 1 saturated heterocycles. The van der Waals surface area contributed by atoms with Crippen LogP contribution in [0.4, 0.5) is 0 Å². The highest BCUT2D eigenvalue weighted by Gasteiger charge is 2.24. The van der Waals surface area contributed by atoms with E-state index >= 15 is 0 Å². The molecule has 0 saturated carbocycles. The molecule has 2 aromatic carbocycles. The van der Waals surface area contributed by atoms with E-state index in [2.05, 4.69) is 0 Å². The van der Waals surface area contributed by atoms with Gasteiger partial charge < -0.3 is 20.1 Å². The zero-order chi connectivity index (χ0) is 17.5. The van der Waals surface area contributed by atoms with Crippen molar-refractivity contribution >= 4 is 5.91 Å². The molecule has 1 atom stereocenters. The van der Waals surface area contributed by atoms with Gasteiger partial charge in [-0.2, -0.15) is 0 Å². The molecule has 0 aromatic heterocycles. The van der Waals surface area contributed by atoms with Crippen molar-refractivity contribution in [3.8, 4) is 11.5 Å². The van der Waals surface area contributed by atoms with Gasteiger partial charge in [-0.3, -0.25) is 4.79 Å². The summed E-state index contributed by atoms with van der Waals surface area (Å²) >= 11 is 0. The van der Waals surface area contributed by atoms with Gasteiger partial charge in [-0.05, 0) is 37.1 Å². The van der Waals surface area contributed by atoms with Crippen LogP contribution in [-0.2, 0) is 0 Å². The molecule has 5 heteroatoms. The van der Waals surface area contributed by atoms with E-state index in [9.17, 15) is 4.79 Å². The third-order valence-corrected chi connectivity index (χ3v) is 4.22. The first-order chi connectivity index (χ1) is 12.2. The highest BCUT2D eigenvalue weighted by molar-refractivity contribution is 5.97. The monoisotopic (exact) mass is 340 g/mol. The molecule has 1 aliphatic rings. The van der Waals surface area contributed by atoms with E-state index in [4.69, 9.17) is 15.2 Å². The van der Waals surface area contributed by atoms with Gasteiger partial charge in [-0.15, -0.1) is 0 Å². The number of carbonyl (C=O) groups is 1. The first-order valence-corrected chi connectivity index (χ1v) is 8.68. The van der Waals surface area contributed by atoms with Crippen LogP contribution in [0, 0.1) is 0 Å². The van der Waals surface area contributed by atoms with Crippen LogP contribution in [0.5, 0.6) is 11.5 Å².